The molecule has 0 amide bonds. The van der Waals surface area contributed by atoms with Crippen molar-refractivity contribution >= 4 is 40.9 Å². The van der Waals surface area contributed by atoms with E-state index < -0.39 is 8.07 Å². The molecule has 0 aliphatic rings. The van der Waals surface area contributed by atoms with Crippen LogP contribution < -0.4 is 0 Å². The number of halogens is 1. The zero-order valence-corrected chi connectivity index (χ0v) is 12.3. The standard InChI is InChI=1S/C10H14IPSi/c1-13(2,3)10(12-11)9-7-5-4-6-8-9/h4-8H,1-3H3. The molecule has 0 atom stereocenters. The summed E-state index contributed by atoms with van der Waals surface area (Å²) < 4.78 is 0. The third-order valence-electron chi connectivity index (χ3n) is 1.84. The summed E-state index contributed by atoms with van der Waals surface area (Å²) in [5.74, 6) is 1.40. The molecule has 0 aliphatic heterocycles. The van der Waals surface area contributed by atoms with Crippen LogP contribution in [0.4, 0.5) is 0 Å². The fourth-order valence-corrected chi connectivity index (χ4v) is 10.8. The first-order chi connectivity index (χ1) is 6.05. The summed E-state index contributed by atoms with van der Waals surface area (Å²) in [6.45, 7) is 7.21. The Balaban J connectivity index is 3.08. The Bertz CT molecular complexity index is 300. The van der Waals surface area contributed by atoms with Crippen molar-refractivity contribution < 1.29 is 0 Å². The molecule has 0 N–H and O–H groups in total. The summed E-state index contributed by atoms with van der Waals surface area (Å²) in [6, 6.07) is 10.8. The first-order valence-electron chi connectivity index (χ1n) is 4.30. The highest BCUT2D eigenvalue weighted by Gasteiger charge is 2.20. The van der Waals surface area contributed by atoms with Crippen molar-refractivity contribution in [2.45, 2.75) is 19.6 Å². The second kappa shape index (κ2) is 4.72. The average molecular weight is 320 g/mol. The zero-order chi connectivity index (χ0) is 9.90. The zero-order valence-electron chi connectivity index (χ0n) is 8.21. The minimum Gasteiger partial charge on any atom is -0.0653 e. The predicted molar refractivity (Wildman–Crippen MR) is 74.8 cm³/mol. The van der Waals surface area contributed by atoms with Crippen LogP contribution in [0.1, 0.15) is 5.56 Å². The van der Waals surface area contributed by atoms with Crippen LogP contribution in [0, 0.1) is 0 Å². The molecule has 0 heterocycles. The lowest BCUT2D eigenvalue weighted by Crippen LogP contribution is -2.32. The minimum atomic E-state index is -1.13. The van der Waals surface area contributed by atoms with Gasteiger partial charge in [-0.2, -0.15) is 0 Å². The van der Waals surface area contributed by atoms with Crippen molar-refractivity contribution in [1.82, 2.24) is 0 Å². The molecule has 1 rings (SSSR count). The summed E-state index contributed by atoms with van der Waals surface area (Å²) >= 11 is 2.45. The Morgan fingerprint density at radius 3 is 2.08 bits per heavy atom. The molecule has 13 heavy (non-hydrogen) atoms. The van der Waals surface area contributed by atoms with Crippen LogP contribution in [0.25, 0.3) is 0 Å². The number of hydrogen-bond donors (Lipinski definition) is 0. The third kappa shape index (κ3) is 3.19. The fraction of sp³-hybridized carbons (Fsp3) is 0.300. The first kappa shape index (κ1) is 11.4. The second-order valence-corrected chi connectivity index (χ2v) is 11.5. The van der Waals surface area contributed by atoms with Crippen molar-refractivity contribution in [3.05, 3.63) is 35.9 Å². The molecule has 0 fully saturated rings. The van der Waals surface area contributed by atoms with E-state index in [1.807, 2.05) is 0 Å². The maximum absolute atomic E-state index is 2.45. The van der Waals surface area contributed by atoms with Crippen LogP contribution in [0.15, 0.2) is 30.3 Å². The van der Waals surface area contributed by atoms with Gasteiger partial charge in [0.05, 0.1) is 8.07 Å². The molecular weight excluding hydrogens is 306 g/mol. The Labute approximate surface area is 96.1 Å². The first-order valence-corrected chi connectivity index (χ1v) is 11.5. The van der Waals surface area contributed by atoms with E-state index in [1.165, 1.54) is 11.4 Å². The van der Waals surface area contributed by atoms with Gasteiger partial charge in [-0.05, 0) is 38.4 Å². The Hall–Kier alpha value is 0.337. The van der Waals surface area contributed by atoms with E-state index in [0.29, 0.717) is 0 Å². The average Bonchev–Trinajstić information content (AvgIpc) is 2.05. The molecule has 3 heteroatoms. The van der Waals surface area contributed by atoms with Gasteiger partial charge in [-0.1, -0.05) is 50.0 Å². The van der Waals surface area contributed by atoms with Crippen LogP contribution in [0.2, 0.25) is 19.6 Å². The van der Waals surface area contributed by atoms with Crippen molar-refractivity contribution in [3.8, 4) is 0 Å². The van der Waals surface area contributed by atoms with Gasteiger partial charge >= 0.3 is 0 Å². The van der Waals surface area contributed by atoms with Crippen molar-refractivity contribution in [3.63, 3.8) is 0 Å². The summed E-state index contributed by atoms with van der Waals surface area (Å²) in [4.78, 5) is 1.63. The predicted octanol–water partition coefficient (Wildman–Crippen LogP) is 4.38. The number of rotatable bonds is 2. The second-order valence-electron chi connectivity index (χ2n) is 4.05. The van der Waals surface area contributed by atoms with E-state index >= 15 is 0 Å². The van der Waals surface area contributed by atoms with E-state index in [4.69, 9.17) is 0 Å². The Kier molecular flexibility index (Phi) is 4.14. The van der Waals surface area contributed by atoms with E-state index in [0.717, 1.165) is 0 Å². The lowest BCUT2D eigenvalue weighted by Gasteiger charge is -2.19. The minimum absolute atomic E-state index is 1.13. The number of hydrogen-bond acceptors (Lipinski definition) is 0. The van der Waals surface area contributed by atoms with E-state index in [9.17, 15) is 0 Å². The van der Waals surface area contributed by atoms with Crippen LogP contribution in [0.3, 0.4) is 0 Å². The molecule has 0 aromatic heterocycles. The van der Waals surface area contributed by atoms with Gasteiger partial charge in [0.2, 0.25) is 0 Å². The van der Waals surface area contributed by atoms with Gasteiger partial charge in [-0.3, -0.25) is 0 Å². The van der Waals surface area contributed by atoms with Crippen LogP contribution >= 0.6 is 27.9 Å². The van der Waals surface area contributed by atoms with Gasteiger partial charge in [-0.15, -0.1) is 0 Å². The van der Waals surface area contributed by atoms with E-state index in [1.54, 1.807) is 4.92 Å². The highest BCUT2D eigenvalue weighted by atomic mass is 127. The maximum atomic E-state index is 2.45. The topological polar surface area (TPSA) is 0 Å². The summed E-state index contributed by atoms with van der Waals surface area (Å²) in [5, 5.41) is 0. The summed E-state index contributed by atoms with van der Waals surface area (Å²) in [6.07, 6.45) is 0. The fourth-order valence-electron chi connectivity index (χ4n) is 1.20. The molecule has 0 saturated heterocycles. The molecule has 0 unspecified atom stereocenters. The van der Waals surface area contributed by atoms with Gasteiger partial charge in [0.15, 0.2) is 0 Å². The Morgan fingerprint density at radius 2 is 1.69 bits per heavy atom. The van der Waals surface area contributed by atoms with Crippen LogP contribution in [-0.2, 0) is 0 Å². The molecule has 0 bridgehead atoms. The molecule has 0 spiro atoms. The highest BCUT2D eigenvalue weighted by Crippen LogP contribution is 2.23. The third-order valence-corrected chi connectivity index (χ3v) is 9.14. The largest absolute Gasteiger partial charge is 0.0848 e. The lowest BCUT2D eigenvalue weighted by molar-refractivity contribution is 1.67. The molecule has 0 aliphatic carbocycles. The maximum Gasteiger partial charge on any atom is 0.0848 e. The van der Waals surface area contributed by atoms with E-state index in [-0.39, 0.29) is 0 Å². The van der Waals surface area contributed by atoms with Crippen LogP contribution in [0.5, 0.6) is 0 Å². The molecule has 0 nitrogen and oxygen atoms in total. The molecule has 0 saturated carbocycles. The molecular formula is C10H14IPSi. The molecule has 1 aromatic carbocycles. The highest BCUT2D eigenvalue weighted by molar-refractivity contribution is 14.2. The lowest BCUT2D eigenvalue weighted by atomic mass is 10.2. The van der Waals surface area contributed by atoms with Crippen molar-refractivity contribution in [2.75, 3.05) is 0 Å². The van der Waals surface area contributed by atoms with Gasteiger partial charge in [0.1, 0.15) is 0 Å². The smallest absolute Gasteiger partial charge is 0.0653 e. The van der Waals surface area contributed by atoms with E-state index in [2.05, 4.69) is 72.0 Å². The summed E-state index contributed by atoms with van der Waals surface area (Å²) in [5.41, 5.74) is 1.43. The van der Waals surface area contributed by atoms with Gasteiger partial charge in [-0.25, -0.2) is 0 Å². The van der Waals surface area contributed by atoms with Gasteiger partial charge < -0.3 is 0 Å². The molecule has 1 aromatic rings. The molecule has 0 radical (unpaired) electrons. The van der Waals surface area contributed by atoms with Gasteiger partial charge in [0.25, 0.3) is 0 Å². The number of benzene rings is 1. The quantitative estimate of drug-likeness (QED) is 0.431. The van der Waals surface area contributed by atoms with Crippen molar-refractivity contribution in [2.24, 2.45) is 0 Å². The van der Waals surface area contributed by atoms with Gasteiger partial charge in [0, 0.05) is 0 Å². The monoisotopic (exact) mass is 320 g/mol. The SMILES string of the molecule is C[Si](C)(C)C(=PI)c1ccccc1. The van der Waals surface area contributed by atoms with Crippen LogP contribution in [-0.4, -0.2) is 13.0 Å². The normalized spacial score (nSPS) is 13.1. The van der Waals surface area contributed by atoms with Crippen molar-refractivity contribution in [1.29, 1.82) is 0 Å². The summed E-state index contributed by atoms with van der Waals surface area (Å²) in [7, 11) is -1.13. The Morgan fingerprint density at radius 1 is 1.15 bits per heavy atom. The molecule has 70 valence electrons.